The number of benzene rings is 1. The molecule has 1 aromatic rings. The van der Waals surface area contributed by atoms with Crippen LogP contribution in [-0.2, 0) is 0 Å². The average Bonchev–Trinajstić information content (AvgIpc) is 2.53. The lowest BCUT2D eigenvalue weighted by Gasteiger charge is -2.33. The molecule has 1 unspecified atom stereocenters. The van der Waals surface area contributed by atoms with Gasteiger partial charge in [-0.05, 0) is 55.5 Å². The summed E-state index contributed by atoms with van der Waals surface area (Å²) in [7, 11) is 0. The fourth-order valence-corrected chi connectivity index (χ4v) is 3.14. The SMILES string of the molecule is CC(C)CN1CCCC(CN=C(N)Nc2ccc(OC(F)(F)F)cc2)C1. The van der Waals surface area contributed by atoms with Crippen molar-refractivity contribution in [2.24, 2.45) is 22.6 Å². The smallest absolute Gasteiger partial charge is 0.406 e. The van der Waals surface area contributed by atoms with Crippen LogP contribution in [0.5, 0.6) is 5.75 Å². The van der Waals surface area contributed by atoms with Crippen molar-refractivity contribution in [1.82, 2.24) is 4.90 Å². The van der Waals surface area contributed by atoms with Gasteiger partial charge in [0.05, 0.1) is 0 Å². The topological polar surface area (TPSA) is 62.9 Å². The van der Waals surface area contributed by atoms with Gasteiger partial charge in [0.2, 0.25) is 0 Å². The highest BCUT2D eigenvalue weighted by Gasteiger charge is 2.30. The second-order valence-electron chi connectivity index (χ2n) is 7.08. The van der Waals surface area contributed by atoms with Crippen molar-refractivity contribution in [3.8, 4) is 5.75 Å². The molecule has 1 fully saturated rings. The molecule has 5 nitrogen and oxygen atoms in total. The second kappa shape index (κ2) is 9.12. The van der Waals surface area contributed by atoms with E-state index in [2.05, 4.69) is 33.8 Å². The highest BCUT2D eigenvalue weighted by molar-refractivity contribution is 5.92. The van der Waals surface area contributed by atoms with Gasteiger partial charge in [-0.1, -0.05) is 13.8 Å². The summed E-state index contributed by atoms with van der Waals surface area (Å²) in [5, 5.41) is 2.89. The molecule has 0 aromatic heterocycles. The van der Waals surface area contributed by atoms with Gasteiger partial charge in [-0.2, -0.15) is 0 Å². The second-order valence-corrected chi connectivity index (χ2v) is 7.08. The highest BCUT2D eigenvalue weighted by Crippen LogP contribution is 2.24. The van der Waals surface area contributed by atoms with E-state index in [4.69, 9.17) is 5.73 Å². The van der Waals surface area contributed by atoms with E-state index in [1.165, 1.54) is 30.7 Å². The van der Waals surface area contributed by atoms with Crippen LogP contribution in [-0.4, -0.2) is 43.4 Å². The molecule has 1 saturated heterocycles. The van der Waals surface area contributed by atoms with Crippen LogP contribution in [0.1, 0.15) is 26.7 Å². The molecule has 1 aromatic carbocycles. The Kier molecular flexibility index (Phi) is 7.14. The Labute approximate surface area is 152 Å². The molecule has 8 heteroatoms. The molecule has 0 saturated carbocycles. The number of likely N-dealkylation sites (tertiary alicyclic amines) is 1. The van der Waals surface area contributed by atoms with Gasteiger partial charge in [0.25, 0.3) is 0 Å². The number of hydrogen-bond acceptors (Lipinski definition) is 3. The van der Waals surface area contributed by atoms with E-state index in [1.807, 2.05) is 0 Å². The van der Waals surface area contributed by atoms with Crippen LogP contribution in [0, 0.1) is 11.8 Å². The molecule has 1 atom stereocenters. The lowest BCUT2D eigenvalue weighted by Crippen LogP contribution is -2.39. The Balaban J connectivity index is 1.82. The molecule has 1 aliphatic heterocycles. The molecule has 0 amide bonds. The molecule has 26 heavy (non-hydrogen) atoms. The number of hydrogen-bond donors (Lipinski definition) is 2. The van der Waals surface area contributed by atoms with Crippen LogP contribution in [0.2, 0.25) is 0 Å². The van der Waals surface area contributed by atoms with Crippen LogP contribution >= 0.6 is 0 Å². The van der Waals surface area contributed by atoms with Crippen molar-refractivity contribution >= 4 is 11.6 Å². The Morgan fingerprint density at radius 2 is 2.04 bits per heavy atom. The number of nitrogens with zero attached hydrogens (tertiary/aromatic N) is 2. The molecule has 0 radical (unpaired) electrons. The average molecular weight is 372 g/mol. The first kappa shape index (κ1) is 20.4. The number of guanidine groups is 1. The van der Waals surface area contributed by atoms with Gasteiger partial charge < -0.3 is 20.7 Å². The fraction of sp³-hybridized carbons (Fsp3) is 0.611. The largest absolute Gasteiger partial charge is 0.573 e. The molecule has 0 bridgehead atoms. The number of rotatable bonds is 6. The molecular formula is C18H27F3N4O. The normalized spacial score (nSPS) is 19.6. The first-order valence-electron chi connectivity index (χ1n) is 8.86. The minimum atomic E-state index is -4.70. The van der Waals surface area contributed by atoms with Gasteiger partial charge in [0.15, 0.2) is 5.96 Å². The lowest BCUT2D eigenvalue weighted by molar-refractivity contribution is -0.274. The molecular weight excluding hydrogens is 345 g/mol. The number of anilines is 1. The van der Waals surface area contributed by atoms with Crippen molar-refractivity contribution in [3.05, 3.63) is 24.3 Å². The van der Waals surface area contributed by atoms with E-state index in [9.17, 15) is 13.2 Å². The molecule has 1 heterocycles. The Bertz CT molecular complexity index is 587. The summed E-state index contributed by atoms with van der Waals surface area (Å²) in [4.78, 5) is 6.85. The quantitative estimate of drug-likeness (QED) is 0.591. The van der Waals surface area contributed by atoms with Gasteiger partial charge in [-0.3, -0.25) is 4.99 Å². The summed E-state index contributed by atoms with van der Waals surface area (Å²) in [6, 6.07) is 5.39. The number of aliphatic imine (C=N–C) groups is 1. The predicted molar refractivity (Wildman–Crippen MR) is 97.2 cm³/mol. The van der Waals surface area contributed by atoms with Gasteiger partial charge in [-0.15, -0.1) is 13.2 Å². The van der Waals surface area contributed by atoms with Crippen molar-refractivity contribution in [2.45, 2.75) is 33.1 Å². The lowest BCUT2D eigenvalue weighted by atomic mass is 9.97. The van der Waals surface area contributed by atoms with Gasteiger partial charge >= 0.3 is 6.36 Å². The maximum absolute atomic E-state index is 12.1. The first-order valence-corrected chi connectivity index (χ1v) is 8.86. The Hall–Kier alpha value is -1.96. The summed E-state index contributed by atoms with van der Waals surface area (Å²) in [5.41, 5.74) is 6.45. The highest BCUT2D eigenvalue weighted by atomic mass is 19.4. The van der Waals surface area contributed by atoms with E-state index in [1.54, 1.807) is 0 Å². The monoisotopic (exact) mass is 372 g/mol. The Morgan fingerprint density at radius 3 is 2.65 bits per heavy atom. The maximum Gasteiger partial charge on any atom is 0.573 e. The Morgan fingerprint density at radius 1 is 1.35 bits per heavy atom. The zero-order chi connectivity index (χ0) is 19.2. The third-order valence-electron chi connectivity index (χ3n) is 4.11. The van der Waals surface area contributed by atoms with E-state index in [0.717, 1.165) is 26.1 Å². The fourth-order valence-electron chi connectivity index (χ4n) is 3.14. The standard InChI is InChI=1S/C18H27F3N4O/c1-13(2)11-25-9-3-4-14(12-25)10-23-17(22)24-15-5-7-16(8-6-15)26-18(19,20)21/h5-8,13-14H,3-4,9-12H2,1-2H3,(H3,22,23,24). The molecule has 1 aliphatic rings. The number of halogens is 3. The molecule has 0 aliphatic carbocycles. The van der Waals surface area contributed by atoms with E-state index < -0.39 is 6.36 Å². The van der Waals surface area contributed by atoms with Crippen molar-refractivity contribution < 1.29 is 17.9 Å². The maximum atomic E-state index is 12.1. The van der Waals surface area contributed by atoms with Crippen molar-refractivity contribution in [3.63, 3.8) is 0 Å². The van der Waals surface area contributed by atoms with E-state index in [-0.39, 0.29) is 11.7 Å². The molecule has 2 rings (SSSR count). The molecule has 3 N–H and O–H groups in total. The number of nitrogens with two attached hydrogens (primary N) is 1. The van der Waals surface area contributed by atoms with Crippen molar-refractivity contribution in [2.75, 3.05) is 31.5 Å². The van der Waals surface area contributed by atoms with Crippen LogP contribution in [0.3, 0.4) is 0 Å². The number of piperidine rings is 1. The van der Waals surface area contributed by atoms with Crippen LogP contribution < -0.4 is 15.8 Å². The first-order chi connectivity index (χ1) is 12.2. The van der Waals surface area contributed by atoms with Crippen LogP contribution in [0.15, 0.2) is 29.3 Å². The summed E-state index contributed by atoms with van der Waals surface area (Å²) in [6.45, 7) is 8.34. The summed E-state index contributed by atoms with van der Waals surface area (Å²) in [6.07, 6.45) is -2.39. The summed E-state index contributed by atoms with van der Waals surface area (Å²) < 4.78 is 40.3. The van der Waals surface area contributed by atoms with Crippen LogP contribution in [0.25, 0.3) is 0 Å². The van der Waals surface area contributed by atoms with E-state index >= 15 is 0 Å². The van der Waals surface area contributed by atoms with E-state index in [0.29, 0.717) is 24.1 Å². The minimum absolute atomic E-state index is 0.260. The number of nitrogens with one attached hydrogen (secondary N) is 1. The third-order valence-corrected chi connectivity index (χ3v) is 4.11. The number of alkyl halides is 3. The predicted octanol–water partition coefficient (Wildman–Crippen LogP) is 3.68. The molecule has 146 valence electrons. The summed E-state index contributed by atoms with van der Waals surface area (Å²) in [5.74, 6) is 1.11. The minimum Gasteiger partial charge on any atom is -0.406 e. The molecule has 0 spiro atoms. The van der Waals surface area contributed by atoms with Gasteiger partial charge in [0.1, 0.15) is 5.75 Å². The summed E-state index contributed by atoms with van der Waals surface area (Å²) >= 11 is 0. The number of ether oxygens (including phenoxy) is 1. The zero-order valence-electron chi connectivity index (χ0n) is 15.2. The van der Waals surface area contributed by atoms with Crippen molar-refractivity contribution in [1.29, 1.82) is 0 Å². The van der Waals surface area contributed by atoms with Crippen LogP contribution in [0.4, 0.5) is 18.9 Å². The zero-order valence-corrected chi connectivity index (χ0v) is 15.2. The van der Waals surface area contributed by atoms with Gasteiger partial charge in [-0.25, -0.2) is 0 Å². The third kappa shape index (κ3) is 7.51. The van der Waals surface area contributed by atoms with Gasteiger partial charge in [0, 0.05) is 25.3 Å².